The largest absolute Gasteiger partial charge is 0.117 e. The van der Waals surface area contributed by atoms with Gasteiger partial charge in [0, 0.05) is 31.3 Å². The van der Waals surface area contributed by atoms with Gasteiger partial charge in [-0.15, -0.1) is 47.0 Å². The minimum absolute atomic E-state index is 1.23. The van der Waals surface area contributed by atoms with E-state index in [1.807, 2.05) is 282 Å². The molecule has 0 amide bonds. The average Bonchev–Trinajstić information content (AvgIpc) is 1.49. The van der Waals surface area contributed by atoms with Gasteiger partial charge in [0.25, 0.3) is 0 Å². The summed E-state index contributed by atoms with van der Waals surface area (Å²) in [7, 11) is 0. The molecule has 14 aliphatic rings. The fraction of sp³-hybridized carbons (Fsp3) is 0.250. The highest BCUT2D eigenvalue weighted by atomic mass is 32.3. The van der Waals surface area contributed by atoms with E-state index in [0.717, 1.165) is 0 Å². The van der Waals surface area contributed by atoms with E-state index in [1.54, 1.807) is 16.9 Å². The quantitative estimate of drug-likeness (QED) is 0.0416. The Morgan fingerprint density at radius 2 is 0.258 bits per heavy atom. The summed E-state index contributed by atoms with van der Waals surface area (Å²) in [5.74, 6) is 4.92. The van der Waals surface area contributed by atoms with Crippen LogP contribution in [0.5, 0.6) is 0 Å². The Morgan fingerprint density at radius 1 is 0.141 bits per heavy atom. The molecule has 0 aliphatic carbocycles. The molecule has 128 heavy (non-hydrogen) atoms. The standard InChI is InChI=1S/C96H76S32/c1-5-9-13-29-45-97-73-74(98-46-30-14-10-6-2)114-89(113-73)91-117-77-78(118-91)102-67(101-77)61-49-33-17-21-37-53(49)63(54-38-22-18-34-50(54)61)69-105-81-82(106-69)122-93(121-81)95-125-85-86(126-95)110-71(109-85)65-57-41-25-27-43-59(57)66(60-44-28-26-42-58(60)65)72-111-87-88(112-72)128-96(127-87)94-123-83-84(124-94)108-70(107-83)64-55-39-23-19-35-51(55)62(52-36-20-24-40-56(52)64)68-103-79-80(104-68)120-92(119-79)90-115-75(99-47-31-15-11-7-3)76(116-90)100-48-32-16-12-8-4/h17-28,33-44H,5-16,29-32,45-48H2,1-4H3. The summed E-state index contributed by atoms with van der Waals surface area (Å²) < 4.78 is 43.7. The summed E-state index contributed by atoms with van der Waals surface area (Å²) in [6, 6.07) is 55.9. The molecule has 0 bridgehead atoms. The molecule has 9 aromatic rings. The number of rotatable bonds is 24. The van der Waals surface area contributed by atoms with E-state index in [2.05, 4.69) is 267 Å². The van der Waals surface area contributed by atoms with E-state index in [4.69, 9.17) is 0 Å². The number of hydrogen-bond donors (Lipinski definition) is 0. The van der Waals surface area contributed by atoms with Crippen molar-refractivity contribution < 1.29 is 0 Å². The minimum atomic E-state index is 1.23. The van der Waals surface area contributed by atoms with Crippen molar-refractivity contribution in [3.05, 3.63) is 279 Å². The number of fused-ring (bicyclic) bond motifs is 6. The molecule has 0 spiro atoms. The van der Waals surface area contributed by atoms with Gasteiger partial charge in [-0.25, -0.2) is 0 Å². The van der Waals surface area contributed by atoms with E-state index in [-0.39, 0.29) is 0 Å². The highest BCUT2D eigenvalue weighted by molar-refractivity contribution is 8.58. The lowest BCUT2D eigenvalue weighted by Gasteiger charge is -2.13. The number of unbranched alkanes of at least 4 members (excludes halogenated alkanes) is 12. The van der Waals surface area contributed by atoms with Gasteiger partial charge in [0.05, 0.1) is 127 Å². The predicted octanol–water partition coefficient (Wildman–Crippen LogP) is 39.9. The molecular weight excluding hydrogens is 2180 g/mol. The first-order valence-electron chi connectivity index (χ1n) is 42.7. The molecular formula is C96H76S32. The zero-order valence-corrected chi connectivity index (χ0v) is 95.2. The van der Waals surface area contributed by atoms with Gasteiger partial charge in [-0.3, -0.25) is 0 Å². The Morgan fingerprint density at radius 3 is 0.383 bits per heavy atom. The van der Waals surface area contributed by atoms with Gasteiger partial charge in [0.2, 0.25) is 0 Å². The monoisotopic (exact) mass is 2250 g/mol. The lowest BCUT2D eigenvalue weighted by Crippen LogP contribution is -2.16. The highest BCUT2D eigenvalue weighted by Gasteiger charge is 2.43. The lowest BCUT2D eigenvalue weighted by molar-refractivity contribution is 0.707. The second-order valence-corrected chi connectivity index (χ2v) is 71.4. The zero-order valence-electron chi connectivity index (χ0n) is 69.1. The van der Waals surface area contributed by atoms with Crippen LogP contribution >= 0.6 is 376 Å². The van der Waals surface area contributed by atoms with Crippen LogP contribution in [0.15, 0.2) is 247 Å². The van der Waals surface area contributed by atoms with E-state index in [1.165, 1.54) is 332 Å². The second-order valence-electron chi connectivity index (χ2n) is 30.6. The summed E-state index contributed by atoms with van der Waals surface area (Å²) in [6.45, 7) is 9.27. The van der Waals surface area contributed by atoms with Crippen molar-refractivity contribution in [1.82, 2.24) is 0 Å². The van der Waals surface area contributed by atoms with Crippen LogP contribution in [-0.4, -0.2) is 23.0 Å². The molecule has 32 heteroatoms. The summed E-state index contributed by atoms with van der Waals surface area (Å²) >= 11 is 65.1. The smallest absolute Gasteiger partial charge is 0.0718 e. The van der Waals surface area contributed by atoms with Crippen molar-refractivity contribution in [3.8, 4) is 0 Å². The predicted molar refractivity (Wildman–Crippen MR) is 646 cm³/mol. The number of hydrogen-bond acceptors (Lipinski definition) is 32. The molecule has 0 N–H and O–H groups in total. The molecule has 14 heterocycles. The van der Waals surface area contributed by atoms with Crippen LogP contribution in [0.2, 0.25) is 0 Å². The summed E-state index contributed by atoms with van der Waals surface area (Å²) in [4.78, 5) is 0. The maximum Gasteiger partial charge on any atom is 0.0718 e. The first kappa shape index (κ1) is 93.5. The Balaban J connectivity index is 0.452. The molecule has 0 aromatic heterocycles. The van der Waals surface area contributed by atoms with Gasteiger partial charge in [-0.2, -0.15) is 0 Å². The van der Waals surface area contributed by atoms with Crippen molar-refractivity contribution in [2.45, 2.75) is 130 Å². The van der Waals surface area contributed by atoms with Crippen molar-refractivity contribution in [3.63, 3.8) is 0 Å². The molecule has 9 aromatic carbocycles. The highest BCUT2D eigenvalue weighted by Crippen LogP contribution is 2.78. The molecule has 0 atom stereocenters. The molecule has 0 saturated heterocycles. The molecule has 0 fully saturated rings. The number of thioether (sulfide) groups is 32. The minimum Gasteiger partial charge on any atom is -0.117 e. The van der Waals surface area contributed by atoms with Crippen LogP contribution in [0.25, 0.3) is 90.1 Å². The fourth-order valence-electron chi connectivity index (χ4n) is 16.2. The normalized spacial score (nSPS) is 20.1. The van der Waals surface area contributed by atoms with E-state index >= 15 is 0 Å². The van der Waals surface area contributed by atoms with Crippen LogP contribution < -0.4 is 31.3 Å². The third kappa shape index (κ3) is 19.1. The summed E-state index contributed by atoms with van der Waals surface area (Å²) in [5.41, 5.74) is 0. The first-order chi connectivity index (χ1) is 63.2. The van der Waals surface area contributed by atoms with Gasteiger partial charge < -0.3 is 0 Å². The third-order valence-corrected chi connectivity index (χ3v) is 69.4. The van der Waals surface area contributed by atoms with Gasteiger partial charge >= 0.3 is 0 Å². The van der Waals surface area contributed by atoms with Crippen LogP contribution in [0.1, 0.15) is 130 Å². The van der Waals surface area contributed by atoms with Crippen LogP contribution in [0, 0.1) is 0 Å². The number of benzene rings is 9. The average molecular weight is 2260 g/mol. The maximum atomic E-state index is 2.40. The molecule has 652 valence electrons. The van der Waals surface area contributed by atoms with Gasteiger partial charge in [-0.1, -0.05) is 580 Å². The van der Waals surface area contributed by atoms with Crippen LogP contribution in [0.4, 0.5) is 0 Å². The van der Waals surface area contributed by atoms with E-state index in [0.29, 0.717) is 0 Å². The lowest BCUT2D eigenvalue weighted by atomic mass is 9.99. The Hall–Kier alpha value is 1.84. The van der Waals surface area contributed by atoms with Crippen molar-refractivity contribution in [1.29, 1.82) is 0 Å². The van der Waals surface area contributed by atoms with E-state index < -0.39 is 0 Å². The third-order valence-electron chi connectivity index (χ3n) is 22.1. The fourth-order valence-corrected chi connectivity index (χ4v) is 68.2. The molecule has 0 saturated carbocycles. The van der Waals surface area contributed by atoms with Crippen LogP contribution in [0.3, 0.4) is 0 Å². The Bertz CT molecular complexity index is 6350. The van der Waals surface area contributed by atoms with Gasteiger partial charge in [-0.05, 0) is 113 Å². The second kappa shape index (κ2) is 42.8. The summed E-state index contributed by atoms with van der Waals surface area (Å²) in [6.07, 6.45) is 21.2. The molecule has 14 aliphatic heterocycles. The van der Waals surface area contributed by atoms with E-state index in [9.17, 15) is 0 Å². The zero-order chi connectivity index (χ0) is 85.5. The van der Waals surface area contributed by atoms with Crippen molar-refractivity contribution in [2.24, 2.45) is 0 Å². The Kier molecular flexibility index (Phi) is 31.2. The maximum absolute atomic E-state index is 2.40. The summed E-state index contributed by atoms with van der Waals surface area (Å²) in [5, 5.41) is 24.6. The topological polar surface area (TPSA) is 0 Å². The van der Waals surface area contributed by atoms with Crippen LogP contribution in [-0.2, 0) is 0 Å². The first-order valence-corrected chi connectivity index (χ1v) is 69.5. The Labute approximate surface area is 885 Å². The molecule has 0 nitrogen and oxygen atoms in total. The van der Waals surface area contributed by atoms with Crippen molar-refractivity contribution in [2.75, 3.05) is 23.0 Å². The molecule has 0 unspecified atom stereocenters. The SMILES string of the molecule is CCCCCCSC1=C(SCCCCCC)SC(=C2SC3=C(S2)SC(=c2c4ccccc4c(=C4SC5=C(SC(=C6SC7=C(S6)SC(=c6c8ccccc8c(=C8SC9=C(SC(=C%10SC%11=C(S%10)SC(=c%10c%12ccccc%12c(=C%12SC%13=C(SC(=C%14SC(SCCCCCC)=C(SCCCCCC)S%14)S%13)S%12)c%12ccccc%10%12)S%11)S9)S8)c8ccccc68)S7)S5)S4)c4ccccc24)S3)S1. The van der Waals surface area contributed by atoms with Gasteiger partial charge in [0.1, 0.15) is 0 Å². The van der Waals surface area contributed by atoms with Gasteiger partial charge in [0.15, 0.2) is 0 Å². The molecule has 0 radical (unpaired) electrons. The molecule has 23 rings (SSSR count). The van der Waals surface area contributed by atoms with Crippen molar-refractivity contribution >= 4 is 466 Å².